The Balaban J connectivity index is 2.11. The molecule has 0 aromatic heterocycles. The summed E-state index contributed by atoms with van der Waals surface area (Å²) in [5.74, 6) is 0. The zero-order valence-corrected chi connectivity index (χ0v) is 11.9. The van der Waals surface area contributed by atoms with Crippen LogP contribution in [0.2, 0.25) is 10.0 Å². The minimum absolute atomic E-state index is 0.572. The lowest BCUT2D eigenvalue weighted by molar-refractivity contribution is 1.11. The van der Waals surface area contributed by atoms with Crippen molar-refractivity contribution in [2.75, 3.05) is 5.32 Å². The van der Waals surface area contributed by atoms with Crippen molar-refractivity contribution >= 4 is 28.9 Å². The molecule has 0 saturated heterocycles. The highest BCUT2D eigenvalue weighted by atomic mass is 35.5. The number of nitrogens with one attached hydrogen (secondary N) is 1. The Kier molecular flexibility index (Phi) is 4.15. The van der Waals surface area contributed by atoms with E-state index in [2.05, 4.69) is 37.4 Å². The lowest BCUT2D eigenvalue weighted by Gasteiger charge is -2.10. The third-order valence-electron chi connectivity index (χ3n) is 2.91. The molecule has 0 atom stereocenters. The second-order valence-corrected chi connectivity index (χ2v) is 5.23. The third kappa shape index (κ3) is 3.18. The Morgan fingerprint density at radius 2 is 1.72 bits per heavy atom. The highest BCUT2D eigenvalue weighted by Crippen LogP contribution is 2.25. The molecule has 0 amide bonds. The zero-order chi connectivity index (χ0) is 13.1. The number of halogens is 2. The zero-order valence-electron chi connectivity index (χ0n) is 10.4. The van der Waals surface area contributed by atoms with Gasteiger partial charge in [0, 0.05) is 12.2 Å². The quantitative estimate of drug-likeness (QED) is 0.812. The van der Waals surface area contributed by atoms with Gasteiger partial charge in [0.1, 0.15) is 0 Å². The van der Waals surface area contributed by atoms with Crippen LogP contribution in [0.1, 0.15) is 16.7 Å². The first kappa shape index (κ1) is 13.3. The Morgan fingerprint density at radius 3 is 2.44 bits per heavy atom. The number of aryl methyl sites for hydroxylation is 2. The van der Waals surface area contributed by atoms with Crippen LogP contribution in [0.4, 0.5) is 5.69 Å². The Morgan fingerprint density at radius 1 is 0.944 bits per heavy atom. The van der Waals surface area contributed by atoms with Crippen molar-refractivity contribution in [3.05, 3.63) is 63.1 Å². The first-order valence-electron chi connectivity index (χ1n) is 5.81. The van der Waals surface area contributed by atoms with Crippen LogP contribution < -0.4 is 5.32 Å². The second-order valence-electron chi connectivity index (χ2n) is 4.41. The molecule has 0 spiro atoms. The fraction of sp³-hybridized carbons (Fsp3) is 0.200. The topological polar surface area (TPSA) is 12.0 Å². The van der Waals surface area contributed by atoms with E-state index in [9.17, 15) is 0 Å². The van der Waals surface area contributed by atoms with E-state index in [-0.39, 0.29) is 0 Å². The van der Waals surface area contributed by atoms with Crippen LogP contribution in [0.5, 0.6) is 0 Å². The van der Waals surface area contributed by atoms with Gasteiger partial charge in [-0.3, -0.25) is 0 Å². The van der Waals surface area contributed by atoms with Gasteiger partial charge in [-0.1, -0.05) is 47.0 Å². The van der Waals surface area contributed by atoms with Crippen LogP contribution in [-0.4, -0.2) is 0 Å². The van der Waals surface area contributed by atoms with Gasteiger partial charge in [0.2, 0.25) is 0 Å². The van der Waals surface area contributed by atoms with E-state index in [1.165, 1.54) is 16.7 Å². The van der Waals surface area contributed by atoms with Crippen LogP contribution in [0.3, 0.4) is 0 Å². The molecule has 0 bridgehead atoms. The van der Waals surface area contributed by atoms with E-state index in [1.54, 1.807) is 6.07 Å². The maximum absolute atomic E-state index is 5.98. The fourth-order valence-electron chi connectivity index (χ4n) is 1.79. The molecule has 1 nitrogen and oxygen atoms in total. The largest absolute Gasteiger partial charge is 0.381 e. The summed E-state index contributed by atoms with van der Waals surface area (Å²) in [6.45, 7) is 5.00. The van der Waals surface area contributed by atoms with E-state index in [0.717, 1.165) is 12.2 Å². The molecule has 0 heterocycles. The summed E-state index contributed by atoms with van der Waals surface area (Å²) in [6.07, 6.45) is 0. The predicted molar refractivity (Wildman–Crippen MR) is 79.7 cm³/mol. The van der Waals surface area contributed by atoms with Crippen molar-refractivity contribution < 1.29 is 0 Å². The van der Waals surface area contributed by atoms with Crippen LogP contribution in [-0.2, 0) is 6.54 Å². The molecule has 18 heavy (non-hydrogen) atoms. The summed E-state index contributed by atoms with van der Waals surface area (Å²) < 4.78 is 0. The molecule has 2 aromatic rings. The van der Waals surface area contributed by atoms with Crippen molar-refractivity contribution in [3.8, 4) is 0 Å². The lowest BCUT2D eigenvalue weighted by atomic mass is 10.1. The normalized spacial score (nSPS) is 10.4. The number of hydrogen-bond acceptors (Lipinski definition) is 1. The summed E-state index contributed by atoms with van der Waals surface area (Å²) in [4.78, 5) is 0. The Hall–Kier alpha value is -1.18. The molecular weight excluding hydrogens is 265 g/mol. The molecule has 0 saturated carbocycles. The smallest absolute Gasteiger partial charge is 0.0612 e. The van der Waals surface area contributed by atoms with Crippen LogP contribution in [0, 0.1) is 13.8 Å². The molecule has 1 N–H and O–H groups in total. The molecular formula is C15H15Cl2N. The van der Waals surface area contributed by atoms with Crippen molar-refractivity contribution in [2.45, 2.75) is 20.4 Å². The predicted octanol–water partition coefficient (Wildman–Crippen LogP) is 5.22. The minimum atomic E-state index is 0.572. The van der Waals surface area contributed by atoms with E-state index < -0.39 is 0 Å². The maximum Gasteiger partial charge on any atom is 0.0612 e. The molecule has 3 heteroatoms. The Labute approximate surface area is 118 Å². The Bertz CT molecular complexity index is 564. The van der Waals surface area contributed by atoms with Crippen LogP contribution in [0.15, 0.2) is 36.4 Å². The molecule has 0 unspecified atom stereocenters. The molecule has 2 aromatic carbocycles. The summed E-state index contributed by atoms with van der Waals surface area (Å²) in [5, 5.41) is 4.50. The van der Waals surface area contributed by atoms with Crippen molar-refractivity contribution in [1.82, 2.24) is 0 Å². The van der Waals surface area contributed by atoms with E-state index >= 15 is 0 Å². The molecule has 0 fully saturated rings. The molecule has 2 rings (SSSR count). The fourth-order valence-corrected chi connectivity index (χ4v) is 2.09. The van der Waals surface area contributed by atoms with Crippen molar-refractivity contribution in [3.63, 3.8) is 0 Å². The third-order valence-corrected chi connectivity index (χ3v) is 3.65. The summed E-state index contributed by atoms with van der Waals surface area (Å²) in [5.41, 5.74) is 4.83. The molecule has 0 aliphatic heterocycles. The van der Waals surface area contributed by atoms with E-state index in [4.69, 9.17) is 23.2 Å². The lowest BCUT2D eigenvalue weighted by Crippen LogP contribution is -2.01. The van der Waals surface area contributed by atoms with Crippen LogP contribution in [0.25, 0.3) is 0 Å². The summed E-state index contributed by atoms with van der Waals surface area (Å²) >= 11 is 11.9. The second kappa shape index (κ2) is 5.64. The summed E-state index contributed by atoms with van der Waals surface area (Å²) in [6, 6.07) is 12.0. The minimum Gasteiger partial charge on any atom is -0.381 e. The first-order chi connectivity index (χ1) is 8.56. The number of anilines is 1. The SMILES string of the molecule is Cc1ccc(C)c(CNc2ccc(Cl)c(Cl)c2)c1. The molecule has 94 valence electrons. The molecule has 0 radical (unpaired) electrons. The van der Waals surface area contributed by atoms with Crippen LogP contribution >= 0.6 is 23.2 Å². The summed E-state index contributed by atoms with van der Waals surface area (Å²) in [7, 11) is 0. The van der Waals surface area contributed by atoms with Gasteiger partial charge in [0.05, 0.1) is 10.0 Å². The van der Waals surface area contributed by atoms with Gasteiger partial charge in [0.15, 0.2) is 0 Å². The van der Waals surface area contributed by atoms with Gasteiger partial charge in [-0.2, -0.15) is 0 Å². The maximum atomic E-state index is 5.98. The standard InChI is InChI=1S/C15H15Cl2N/c1-10-3-4-11(2)12(7-10)9-18-13-5-6-14(16)15(17)8-13/h3-8,18H,9H2,1-2H3. The van der Waals surface area contributed by atoms with Gasteiger partial charge in [-0.05, 0) is 43.2 Å². The highest BCUT2D eigenvalue weighted by Gasteiger charge is 2.01. The molecule has 0 aliphatic carbocycles. The van der Waals surface area contributed by atoms with Gasteiger partial charge in [0.25, 0.3) is 0 Å². The van der Waals surface area contributed by atoms with Gasteiger partial charge < -0.3 is 5.32 Å². The van der Waals surface area contributed by atoms with E-state index in [0.29, 0.717) is 10.0 Å². The molecule has 0 aliphatic rings. The van der Waals surface area contributed by atoms with Gasteiger partial charge in [-0.15, -0.1) is 0 Å². The average molecular weight is 280 g/mol. The number of hydrogen-bond donors (Lipinski definition) is 1. The van der Waals surface area contributed by atoms with E-state index in [1.807, 2.05) is 12.1 Å². The monoisotopic (exact) mass is 279 g/mol. The number of benzene rings is 2. The van der Waals surface area contributed by atoms with Crippen molar-refractivity contribution in [2.24, 2.45) is 0 Å². The van der Waals surface area contributed by atoms with Gasteiger partial charge >= 0.3 is 0 Å². The first-order valence-corrected chi connectivity index (χ1v) is 6.57. The van der Waals surface area contributed by atoms with Crippen molar-refractivity contribution in [1.29, 1.82) is 0 Å². The highest BCUT2D eigenvalue weighted by molar-refractivity contribution is 6.42. The van der Waals surface area contributed by atoms with Gasteiger partial charge in [-0.25, -0.2) is 0 Å². The number of rotatable bonds is 3. The average Bonchev–Trinajstić information content (AvgIpc) is 2.34.